The third kappa shape index (κ3) is 24.7. The summed E-state index contributed by atoms with van der Waals surface area (Å²) < 4.78 is 0. The Kier molecular flexibility index (Phi) is 312. The van der Waals surface area contributed by atoms with Gasteiger partial charge in [-0.3, -0.25) is 0 Å². The fourth-order valence-electron chi connectivity index (χ4n) is 0. The van der Waals surface area contributed by atoms with Crippen LogP contribution in [0.3, 0.4) is 0 Å². The van der Waals surface area contributed by atoms with Gasteiger partial charge in [0, 0.05) is 0 Å². The van der Waals surface area contributed by atoms with Gasteiger partial charge in [-0.2, -0.15) is 0 Å². The first-order valence-electron chi connectivity index (χ1n) is 0. The van der Waals surface area contributed by atoms with Crippen molar-refractivity contribution >= 4 is 122 Å². The van der Waals surface area contributed by atoms with Crippen molar-refractivity contribution in [2.24, 2.45) is 0 Å². The molecular weight excluding hydrogens is 433 g/mol. The Hall–Kier alpha value is 3.92. The SMILES string of the molecule is [AlH3].[AlH3].[AsH3].[AsH3].[InH3].[InH3]. The normalized spacial score (nSPS) is 0. The van der Waals surface area contributed by atoms with Gasteiger partial charge in [0.05, 0.1) is 0 Å². The third-order valence-electron chi connectivity index (χ3n) is 0. The summed E-state index contributed by atoms with van der Waals surface area (Å²) in [6, 6.07) is 0. The standard InChI is InChI=1S/2Al.2AsH3.2In.12H/h;;2*1H3;;;;;;;;;;;;;;. The first kappa shape index (κ1) is 51.3. The van der Waals surface area contributed by atoms with Crippen molar-refractivity contribution in [2.45, 2.75) is 0 Å². The van der Waals surface area contributed by atoms with Gasteiger partial charge in [-0.15, -0.1) is 0 Å². The Morgan fingerprint density at radius 1 is 0.500 bits per heavy atom. The van der Waals surface area contributed by atoms with Crippen LogP contribution in [0.25, 0.3) is 0 Å². The molecule has 0 saturated heterocycles. The minimum atomic E-state index is 0. The maximum atomic E-state index is 0. The molecule has 0 aromatic heterocycles. The van der Waals surface area contributed by atoms with E-state index in [9.17, 15) is 0 Å². The summed E-state index contributed by atoms with van der Waals surface area (Å²) in [5.41, 5.74) is 0. The maximum absolute atomic E-state index is 0. The summed E-state index contributed by atoms with van der Waals surface area (Å²) in [4.78, 5) is 0. The van der Waals surface area contributed by atoms with Crippen molar-refractivity contribution in [1.82, 2.24) is 0 Å². The Morgan fingerprint density at radius 3 is 0.500 bits per heavy atom. The zero-order valence-electron chi connectivity index (χ0n) is 1.41. The first-order valence-corrected chi connectivity index (χ1v) is 0. The molecule has 0 nitrogen and oxygen atoms in total. The van der Waals surface area contributed by atoms with Crippen LogP contribution in [0.15, 0.2) is 0 Å². The molecule has 2 unspecified atom stereocenters. The van der Waals surface area contributed by atoms with Crippen molar-refractivity contribution < 1.29 is 0 Å². The molecule has 0 N–H and O–H groups in total. The van der Waals surface area contributed by atoms with Gasteiger partial charge in [-0.25, -0.2) is 0 Å². The van der Waals surface area contributed by atoms with E-state index in [-0.39, 0.29) is 122 Å². The summed E-state index contributed by atoms with van der Waals surface area (Å²) in [6.45, 7) is 0. The van der Waals surface area contributed by atoms with Crippen LogP contribution in [0.1, 0.15) is 0 Å². The zero-order chi connectivity index (χ0) is 0. The number of hydrogen-bond acceptors (Lipinski definition) is 0. The van der Waals surface area contributed by atoms with Crippen molar-refractivity contribution in [3.63, 3.8) is 0 Å². The zero-order valence-corrected chi connectivity index (χ0v) is 7.35. The first-order chi connectivity index (χ1) is 0. The monoisotopic (exact) mass is 452 g/mol. The summed E-state index contributed by atoms with van der Waals surface area (Å²) >= 11 is 0. The second-order valence-corrected chi connectivity index (χ2v) is 0. The van der Waals surface area contributed by atoms with E-state index in [4.69, 9.17) is 0 Å². The van der Waals surface area contributed by atoms with E-state index in [0.29, 0.717) is 0 Å². The molecule has 6 heteroatoms. The van der Waals surface area contributed by atoms with Crippen molar-refractivity contribution in [2.75, 3.05) is 0 Å². The summed E-state index contributed by atoms with van der Waals surface area (Å²) in [7, 11) is 0. The summed E-state index contributed by atoms with van der Waals surface area (Å²) in [5.74, 6) is 0. The van der Waals surface area contributed by atoms with Gasteiger partial charge >= 0.3 is 87.6 Å². The quantitative estimate of drug-likeness (QED) is 0.321. The molecule has 0 aromatic rings. The Labute approximate surface area is 120 Å². The second-order valence-electron chi connectivity index (χ2n) is 0. The predicted molar refractivity (Wildman–Crippen MR) is 59.6 cm³/mol. The van der Waals surface area contributed by atoms with Crippen molar-refractivity contribution in [1.29, 1.82) is 0 Å². The van der Waals surface area contributed by atoms with Crippen molar-refractivity contribution in [3.05, 3.63) is 0 Å². The van der Waals surface area contributed by atoms with Crippen LogP contribution in [-0.4, -0.2) is 122 Å². The van der Waals surface area contributed by atoms with Gasteiger partial charge in [0.2, 0.25) is 0 Å². The van der Waals surface area contributed by atoms with E-state index in [0.717, 1.165) is 0 Å². The summed E-state index contributed by atoms with van der Waals surface area (Å²) in [5, 5.41) is 0. The molecular formula is H18Al2As2In2. The van der Waals surface area contributed by atoms with Crippen LogP contribution < -0.4 is 0 Å². The average molecular weight is 452 g/mol. The van der Waals surface area contributed by atoms with Gasteiger partial charge < -0.3 is 0 Å². The van der Waals surface area contributed by atoms with Crippen molar-refractivity contribution in [3.8, 4) is 0 Å². The van der Waals surface area contributed by atoms with E-state index < -0.39 is 0 Å². The van der Waals surface area contributed by atoms with Gasteiger partial charge in [-0.1, -0.05) is 0 Å². The van der Waals surface area contributed by atoms with E-state index in [1.807, 2.05) is 0 Å². The molecule has 0 fully saturated rings. The van der Waals surface area contributed by atoms with Gasteiger partial charge in [0.1, 0.15) is 0 Å². The van der Waals surface area contributed by atoms with Crippen LogP contribution in [-0.2, 0) is 0 Å². The third-order valence-corrected chi connectivity index (χ3v) is 0. The number of hydrogen-bond donors (Lipinski definition) is 0. The van der Waals surface area contributed by atoms with E-state index in [2.05, 4.69) is 0 Å². The molecule has 0 bridgehead atoms. The molecule has 0 amide bonds. The molecule has 0 radical (unpaired) electrons. The second kappa shape index (κ2) is 36.4. The molecule has 0 rings (SSSR count). The molecule has 0 aromatic carbocycles. The summed E-state index contributed by atoms with van der Waals surface area (Å²) in [6.07, 6.45) is 0. The van der Waals surface area contributed by atoms with Crippen LogP contribution in [0, 0.1) is 0 Å². The molecule has 6 heavy (non-hydrogen) atoms. The van der Waals surface area contributed by atoms with E-state index >= 15 is 0 Å². The van der Waals surface area contributed by atoms with Crippen LogP contribution in [0.5, 0.6) is 0 Å². The minimum absolute atomic E-state index is 0. The molecule has 0 spiro atoms. The van der Waals surface area contributed by atoms with Gasteiger partial charge in [-0.05, 0) is 0 Å². The van der Waals surface area contributed by atoms with Crippen LogP contribution in [0.4, 0.5) is 0 Å². The topological polar surface area (TPSA) is 0 Å². The molecule has 0 aliphatic carbocycles. The molecule has 0 aliphatic rings. The molecule has 0 heterocycles. The Morgan fingerprint density at radius 2 is 0.500 bits per heavy atom. The molecule has 0 saturated carbocycles. The molecule has 0 aliphatic heterocycles. The Balaban J connectivity index is 0. The van der Waals surface area contributed by atoms with Gasteiger partial charge in [0.15, 0.2) is 34.7 Å². The fraction of sp³-hybridized carbons (Fsp3) is 0. The Bertz CT molecular complexity index is 9.51. The molecule has 2 atom stereocenters. The predicted octanol–water partition coefficient (Wildman–Crippen LogP) is -7.10. The fourth-order valence-corrected chi connectivity index (χ4v) is 0. The van der Waals surface area contributed by atoms with E-state index in [1.54, 1.807) is 0 Å². The van der Waals surface area contributed by atoms with Gasteiger partial charge in [0.25, 0.3) is 0 Å². The number of rotatable bonds is 0. The van der Waals surface area contributed by atoms with Crippen LogP contribution in [0.2, 0.25) is 0 Å². The van der Waals surface area contributed by atoms with E-state index in [1.165, 1.54) is 0 Å². The molecule has 40 valence electrons. The average Bonchev–Trinajstić information content (AvgIpc) is 0. The van der Waals surface area contributed by atoms with Crippen LogP contribution >= 0.6 is 0 Å².